The van der Waals surface area contributed by atoms with Crippen molar-refractivity contribution >= 4 is 5.91 Å². The fourth-order valence-corrected chi connectivity index (χ4v) is 3.63. The zero-order chi connectivity index (χ0) is 15.6. The molecule has 0 bridgehead atoms. The van der Waals surface area contributed by atoms with Crippen molar-refractivity contribution in [1.82, 2.24) is 15.1 Å². The average molecular weight is 317 g/mol. The minimum Gasteiger partial charge on any atom is -0.485 e. The van der Waals surface area contributed by atoms with E-state index in [4.69, 9.17) is 9.47 Å². The second kappa shape index (κ2) is 6.37. The molecule has 23 heavy (non-hydrogen) atoms. The maximum Gasteiger partial charge on any atom is 0.267 e. The van der Waals surface area contributed by atoms with Gasteiger partial charge in [-0.05, 0) is 18.6 Å². The van der Waals surface area contributed by atoms with Gasteiger partial charge in [0.1, 0.15) is 6.61 Å². The SMILES string of the molecule is O=C(C1COc2ccccc2O1)N1CCC(N2CCNCC2)C1. The molecule has 4 rings (SSSR count). The van der Waals surface area contributed by atoms with Gasteiger partial charge in [0.05, 0.1) is 0 Å². The summed E-state index contributed by atoms with van der Waals surface area (Å²) in [5.74, 6) is 1.43. The minimum absolute atomic E-state index is 0.0529. The lowest BCUT2D eigenvalue weighted by molar-refractivity contribution is -0.140. The molecular weight excluding hydrogens is 294 g/mol. The predicted molar refractivity (Wildman–Crippen MR) is 85.8 cm³/mol. The molecule has 2 unspecified atom stereocenters. The number of nitrogens with zero attached hydrogens (tertiary/aromatic N) is 2. The topological polar surface area (TPSA) is 54.0 Å². The highest BCUT2D eigenvalue weighted by Crippen LogP contribution is 2.31. The molecular formula is C17H23N3O3. The largest absolute Gasteiger partial charge is 0.485 e. The van der Waals surface area contributed by atoms with Crippen LogP contribution in [-0.4, -0.2) is 73.7 Å². The van der Waals surface area contributed by atoms with E-state index >= 15 is 0 Å². The van der Waals surface area contributed by atoms with Gasteiger partial charge in [-0.2, -0.15) is 0 Å². The van der Waals surface area contributed by atoms with Crippen LogP contribution in [0, 0.1) is 0 Å². The Morgan fingerprint density at radius 1 is 1.13 bits per heavy atom. The molecule has 1 aromatic carbocycles. The molecule has 2 atom stereocenters. The number of hydrogen-bond acceptors (Lipinski definition) is 5. The molecule has 0 saturated carbocycles. The average Bonchev–Trinajstić information content (AvgIpc) is 3.11. The number of likely N-dealkylation sites (tertiary alicyclic amines) is 1. The Hall–Kier alpha value is -1.79. The van der Waals surface area contributed by atoms with Crippen LogP contribution in [0.5, 0.6) is 11.5 Å². The van der Waals surface area contributed by atoms with Crippen LogP contribution in [0.2, 0.25) is 0 Å². The van der Waals surface area contributed by atoms with E-state index in [1.54, 1.807) is 0 Å². The number of nitrogens with one attached hydrogen (secondary N) is 1. The highest BCUT2D eigenvalue weighted by Gasteiger charge is 2.36. The van der Waals surface area contributed by atoms with Crippen molar-refractivity contribution in [1.29, 1.82) is 0 Å². The van der Waals surface area contributed by atoms with Gasteiger partial charge in [-0.15, -0.1) is 0 Å². The van der Waals surface area contributed by atoms with Crippen LogP contribution in [0.25, 0.3) is 0 Å². The Morgan fingerprint density at radius 3 is 2.74 bits per heavy atom. The molecule has 3 aliphatic heterocycles. The van der Waals surface area contributed by atoms with Crippen LogP contribution in [0.3, 0.4) is 0 Å². The second-order valence-corrected chi connectivity index (χ2v) is 6.38. The van der Waals surface area contributed by atoms with E-state index in [0.717, 1.165) is 51.4 Å². The maximum atomic E-state index is 12.7. The van der Waals surface area contributed by atoms with Gasteiger partial charge in [-0.25, -0.2) is 0 Å². The second-order valence-electron chi connectivity index (χ2n) is 6.38. The van der Waals surface area contributed by atoms with Crippen molar-refractivity contribution in [2.24, 2.45) is 0 Å². The van der Waals surface area contributed by atoms with Gasteiger partial charge in [0.25, 0.3) is 5.91 Å². The number of para-hydroxylation sites is 2. The number of benzene rings is 1. The van der Waals surface area contributed by atoms with E-state index in [2.05, 4.69) is 10.2 Å². The zero-order valence-electron chi connectivity index (χ0n) is 13.2. The molecule has 2 fully saturated rings. The molecule has 0 spiro atoms. The van der Waals surface area contributed by atoms with Crippen molar-refractivity contribution in [3.63, 3.8) is 0 Å². The molecule has 1 N–H and O–H groups in total. The molecule has 3 heterocycles. The fourth-order valence-electron chi connectivity index (χ4n) is 3.63. The Morgan fingerprint density at radius 2 is 1.91 bits per heavy atom. The van der Waals surface area contributed by atoms with E-state index in [1.165, 1.54) is 0 Å². The van der Waals surface area contributed by atoms with Gasteiger partial charge in [0.2, 0.25) is 6.10 Å². The van der Waals surface area contributed by atoms with Crippen LogP contribution < -0.4 is 14.8 Å². The van der Waals surface area contributed by atoms with E-state index < -0.39 is 6.10 Å². The molecule has 2 saturated heterocycles. The summed E-state index contributed by atoms with van der Waals surface area (Å²) >= 11 is 0. The lowest BCUT2D eigenvalue weighted by Gasteiger charge is -2.33. The van der Waals surface area contributed by atoms with Gasteiger partial charge < -0.3 is 19.7 Å². The van der Waals surface area contributed by atoms with Crippen LogP contribution in [0.1, 0.15) is 6.42 Å². The summed E-state index contributed by atoms with van der Waals surface area (Å²) in [5, 5.41) is 3.37. The number of fused-ring (bicyclic) bond motifs is 1. The number of carbonyl (C=O) groups excluding carboxylic acids is 1. The van der Waals surface area contributed by atoms with Crippen molar-refractivity contribution < 1.29 is 14.3 Å². The highest BCUT2D eigenvalue weighted by molar-refractivity contribution is 5.82. The number of piperazine rings is 1. The standard InChI is InChI=1S/C17H23N3O3/c21-17(16-12-22-14-3-1-2-4-15(14)23-16)20-8-5-13(11-20)19-9-6-18-7-10-19/h1-4,13,16,18H,5-12H2. The summed E-state index contributed by atoms with van der Waals surface area (Å²) < 4.78 is 11.5. The van der Waals surface area contributed by atoms with Crippen LogP contribution in [-0.2, 0) is 4.79 Å². The Balaban J connectivity index is 1.37. The Kier molecular flexibility index (Phi) is 4.10. The van der Waals surface area contributed by atoms with Crippen molar-refractivity contribution in [3.05, 3.63) is 24.3 Å². The molecule has 6 heteroatoms. The first-order chi connectivity index (χ1) is 11.3. The summed E-state index contributed by atoms with van der Waals surface area (Å²) in [7, 11) is 0. The molecule has 124 valence electrons. The lowest BCUT2D eigenvalue weighted by atomic mass is 10.2. The highest BCUT2D eigenvalue weighted by atomic mass is 16.6. The number of carbonyl (C=O) groups is 1. The summed E-state index contributed by atoms with van der Waals surface area (Å²) in [4.78, 5) is 17.2. The van der Waals surface area contributed by atoms with Gasteiger partial charge in [-0.1, -0.05) is 12.1 Å². The number of amides is 1. The van der Waals surface area contributed by atoms with E-state index in [-0.39, 0.29) is 5.91 Å². The van der Waals surface area contributed by atoms with E-state index in [1.807, 2.05) is 29.2 Å². The molecule has 3 aliphatic rings. The summed E-state index contributed by atoms with van der Waals surface area (Å²) in [6.45, 7) is 6.15. The molecule has 0 radical (unpaired) electrons. The maximum absolute atomic E-state index is 12.7. The number of hydrogen-bond donors (Lipinski definition) is 1. The van der Waals surface area contributed by atoms with E-state index in [0.29, 0.717) is 18.4 Å². The van der Waals surface area contributed by atoms with Gasteiger partial charge in [0, 0.05) is 45.3 Å². The first-order valence-electron chi connectivity index (χ1n) is 8.43. The predicted octanol–water partition coefficient (Wildman–Crippen LogP) is 0.333. The molecule has 0 aliphatic carbocycles. The van der Waals surface area contributed by atoms with Crippen molar-refractivity contribution in [2.45, 2.75) is 18.6 Å². The van der Waals surface area contributed by atoms with Gasteiger partial charge >= 0.3 is 0 Å². The first kappa shape index (κ1) is 14.8. The summed E-state index contributed by atoms with van der Waals surface area (Å²) in [6.07, 6.45) is 0.530. The Bertz CT molecular complexity index is 574. The van der Waals surface area contributed by atoms with Crippen LogP contribution in [0.15, 0.2) is 24.3 Å². The quantitative estimate of drug-likeness (QED) is 0.852. The summed E-state index contributed by atoms with van der Waals surface area (Å²) in [6, 6.07) is 8.00. The van der Waals surface area contributed by atoms with Gasteiger partial charge in [-0.3, -0.25) is 9.69 Å². The molecule has 1 amide bonds. The summed E-state index contributed by atoms with van der Waals surface area (Å²) in [5.41, 5.74) is 0. The molecule has 0 aromatic heterocycles. The third-order valence-corrected chi connectivity index (χ3v) is 4.93. The number of ether oxygens (including phenoxy) is 2. The normalized spacial score (nSPS) is 27.9. The first-order valence-corrected chi connectivity index (χ1v) is 8.43. The van der Waals surface area contributed by atoms with Crippen LogP contribution in [0.4, 0.5) is 0 Å². The molecule has 1 aromatic rings. The zero-order valence-corrected chi connectivity index (χ0v) is 13.2. The van der Waals surface area contributed by atoms with Gasteiger partial charge in [0.15, 0.2) is 11.5 Å². The minimum atomic E-state index is -0.522. The fraction of sp³-hybridized carbons (Fsp3) is 0.588. The molecule has 6 nitrogen and oxygen atoms in total. The smallest absolute Gasteiger partial charge is 0.267 e. The Labute approximate surface area is 136 Å². The lowest BCUT2D eigenvalue weighted by Crippen LogP contribution is -2.50. The third kappa shape index (κ3) is 3.01. The van der Waals surface area contributed by atoms with E-state index in [9.17, 15) is 4.79 Å². The van der Waals surface area contributed by atoms with Crippen molar-refractivity contribution in [3.8, 4) is 11.5 Å². The third-order valence-electron chi connectivity index (χ3n) is 4.93. The monoisotopic (exact) mass is 317 g/mol. The van der Waals surface area contributed by atoms with Crippen LogP contribution >= 0.6 is 0 Å². The van der Waals surface area contributed by atoms with Crippen molar-refractivity contribution in [2.75, 3.05) is 45.9 Å². The number of rotatable bonds is 2.